The number of benzene rings is 2. The third kappa shape index (κ3) is 5.58. The lowest BCUT2D eigenvalue weighted by Crippen LogP contribution is -2.44. The van der Waals surface area contributed by atoms with E-state index in [9.17, 15) is 13.2 Å². The van der Waals surface area contributed by atoms with Crippen LogP contribution in [0, 0.1) is 5.92 Å². The monoisotopic (exact) mass is 586 g/mol. The molecule has 12 heteroatoms. The summed E-state index contributed by atoms with van der Waals surface area (Å²) in [5, 5.41) is 0.969. The van der Waals surface area contributed by atoms with Crippen molar-refractivity contribution >= 4 is 54.2 Å². The van der Waals surface area contributed by atoms with E-state index in [1.807, 2.05) is 24.3 Å². The quantitative estimate of drug-likeness (QED) is 0.286. The molecule has 2 aromatic heterocycles. The van der Waals surface area contributed by atoms with Crippen LogP contribution in [0.3, 0.4) is 0 Å². The molecule has 1 saturated heterocycles. The molecule has 5 rings (SSSR count). The fourth-order valence-electron chi connectivity index (χ4n) is 4.60. The highest BCUT2D eigenvalue weighted by Crippen LogP contribution is 2.41. The second-order valence-corrected chi connectivity index (χ2v) is 12.4. The van der Waals surface area contributed by atoms with Crippen molar-refractivity contribution in [3.63, 3.8) is 0 Å². The Morgan fingerprint density at radius 3 is 2.38 bits per heavy atom. The summed E-state index contributed by atoms with van der Waals surface area (Å²) in [7, 11) is -0.521. The molecular weight excluding hydrogens is 560 g/mol. The van der Waals surface area contributed by atoms with Crippen molar-refractivity contribution in [1.29, 1.82) is 0 Å². The van der Waals surface area contributed by atoms with E-state index in [1.165, 1.54) is 27.8 Å². The molecule has 4 aromatic rings. The number of pyridine rings is 1. The summed E-state index contributed by atoms with van der Waals surface area (Å²) in [6.07, 6.45) is 2.46. The summed E-state index contributed by atoms with van der Waals surface area (Å²) < 4.78 is 39.5. The Balaban J connectivity index is 1.42. The average Bonchev–Trinajstić information content (AvgIpc) is 3.41. The molecule has 1 aliphatic heterocycles. The Morgan fingerprint density at radius 1 is 1.05 bits per heavy atom. The van der Waals surface area contributed by atoms with Crippen LogP contribution >= 0.6 is 22.9 Å². The second kappa shape index (κ2) is 11.5. The summed E-state index contributed by atoms with van der Waals surface area (Å²) in [5.41, 5.74) is 1.33. The largest absolute Gasteiger partial charge is 0.495 e. The molecule has 0 spiro atoms. The molecule has 39 heavy (non-hydrogen) atoms. The van der Waals surface area contributed by atoms with Crippen LogP contribution in [-0.2, 0) is 21.4 Å². The van der Waals surface area contributed by atoms with Gasteiger partial charge in [0.1, 0.15) is 21.7 Å². The zero-order chi connectivity index (χ0) is 27.6. The van der Waals surface area contributed by atoms with Gasteiger partial charge in [0, 0.05) is 30.2 Å². The zero-order valence-corrected chi connectivity index (χ0v) is 23.8. The Morgan fingerprint density at radius 2 is 1.74 bits per heavy atom. The van der Waals surface area contributed by atoms with Gasteiger partial charge < -0.3 is 9.47 Å². The van der Waals surface area contributed by atoms with Crippen LogP contribution in [0.4, 0.5) is 5.13 Å². The molecule has 0 N–H and O–H groups in total. The summed E-state index contributed by atoms with van der Waals surface area (Å²) >= 11 is 7.27. The van der Waals surface area contributed by atoms with Gasteiger partial charge in [0.2, 0.25) is 15.9 Å². The molecule has 9 nitrogen and oxygen atoms in total. The Labute approximate surface area is 236 Å². The molecule has 1 amide bonds. The molecule has 0 radical (unpaired) electrons. The number of carbonyl (C=O) groups excluding carboxylic acids is 1. The number of rotatable bonds is 8. The van der Waals surface area contributed by atoms with Crippen molar-refractivity contribution in [2.45, 2.75) is 24.3 Å². The number of carbonyl (C=O) groups is 1. The maximum absolute atomic E-state index is 14.0. The zero-order valence-electron chi connectivity index (χ0n) is 21.4. The SMILES string of the molecule is COc1ccc(OC)c2sc(N(Cc3ccccn3)C(=O)C3CCN(S(=O)(=O)c4ccc(Cl)cc4)CC3)nc12. The van der Waals surface area contributed by atoms with Crippen molar-refractivity contribution in [3.05, 3.63) is 71.5 Å². The molecule has 1 aliphatic rings. The lowest BCUT2D eigenvalue weighted by atomic mass is 9.96. The van der Waals surface area contributed by atoms with E-state index in [4.69, 9.17) is 26.1 Å². The van der Waals surface area contributed by atoms with Crippen LogP contribution < -0.4 is 14.4 Å². The summed E-state index contributed by atoms with van der Waals surface area (Å²) in [4.78, 5) is 25.0. The summed E-state index contributed by atoms with van der Waals surface area (Å²) in [6.45, 7) is 0.702. The van der Waals surface area contributed by atoms with E-state index in [2.05, 4.69) is 4.98 Å². The van der Waals surface area contributed by atoms with Crippen LogP contribution in [0.5, 0.6) is 11.5 Å². The number of thiazole rings is 1. The number of methoxy groups -OCH3 is 2. The first-order valence-corrected chi connectivity index (χ1v) is 14.9. The molecular formula is C27H27ClN4O5S2. The first-order valence-electron chi connectivity index (χ1n) is 12.3. The normalized spacial score (nSPS) is 14.8. The van der Waals surface area contributed by atoms with Gasteiger partial charge in [0.05, 0.1) is 31.4 Å². The highest BCUT2D eigenvalue weighted by Gasteiger charge is 2.35. The number of nitrogens with zero attached hydrogens (tertiary/aromatic N) is 4. The van der Waals surface area contributed by atoms with E-state index < -0.39 is 10.0 Å². The van der Waals surface area contributed by atoms with Gasteiger partial charge in [0.25, 0.3) is 0 Å². The molecule has 3 heterocycles. The van der Waals surface area contributed by atoms with E-state index in [-0.39, 0.29) is 36.4 Å². The van der Waals surface area contributed by atoms with Crippen molar-refractivity contribution < 1.29 is 22.7 Å². The fraction of sp³-hybridized carbons (Fsp3) is 0.296. The van der Waals surface area contributed by atoms with Crippen molar-refractivity contribution in [2.75, 3.05) is 32.2 Å². The van der Waals surface area contributed by atoms with Gasteiger partial charge in [0.15, 0.2) is 5.13 Å². The fourth-order valence-corrected chi connectivity index (χ4v) is 7.28. The molecule has 0 aliphatic carbocycles. The second-order valence-electron chi connectivity index (χ2n) is 9.02. The minimum absolute atomic E-state index is 0.124. The minimum Gasteiger partial charge on any atom is -0.495 e. The van der Waals surface area contributed by atoms with E-state index in [1.54, 1.807) is 43.5 Å². The van der Waals surface area contributed by atoms with Crippen LogP contribution in [0.2, 0.25) is 5.02 Å². The van der Waals surface area contributed by atoms with Crippen molar-refractivity contribution in [2.24, 2.45) is 5.92 Å². The molecule has 204 valence electrons. The number of sulfonamides is 1. The number of anilines is 1. The Hall–Kier alpha value is -3.25. The maximum Gasteiger partial charge on any atom is 0.243 e. The maximum atomic E-state index is 14.0. The Bertz CT molecular complexity index is 1530. The van der Waals surface area contributed by atoms with Crippen LogP contribution in [0.15, 0.2) is 65.7 Å². The van der Waals surface area contributed by atoms with Gasteiger partial charge in [-0.05, 0) is 61.4 Å². The molecule has 2 aromatic carbocycles. The highest BCUT2D eigenvalue weighted by atomic mass is 35.5. The number of piperidine rings is 1. The number of hydrogen-bond donors (Lipinski definition) is 0. The third-order valence-corrected chi connectivity index (χ3v) is 9.95. The number of halogens is 1. The van der Waals surface area contributed by atoms with Crippen LogP contribution in [0.25, 0.3) is 10.2 Å². The smallest absolute Gasteiger partial charge is 0.243 e. The van der Waals surface area contributed by atoms with Crippen LogP contribution in [0.1, 0.15) is 18.5 Å². The highest BCUT2D eigenvalue weighted by molar-refractivity contribution is 7.89. The van der Waals surface area contributed by atoms with Gasteiger partial charge in [-0.15, -0.1) is 0 Å². The average molecular weight is 587 g/mol. The summed E-state index contributed by atoms with van der Waals surface area (Å²) in [5.74, 6) is 0.724. The molecule has 0 unspecified atom stereocenters. The third-order valence-electron chi connectivity index (χ3n) is 6.70. The Kier molecular flexibility index (Phi) is 8.03. The standard InChI is InChI=1S/C27H27ClN4O5S2/c1-36-22-10-11-23(37-2)25-24(22)30-27(38-25)32(17-20-5-3-4-14-29-20)26(33)18-12-15-31(16-13-18)39(34,35)21-8-6-19(28)7-9-21/h3-11,14,18H,12-13,15-17H2,1-2H3. The van der Waals surface area contributed by atoms with E-state index >= 15 is 0 Å². The van der Waals surface area contributed by atoms with Gasteiger partial charge in [-0.3, -0.25) is 14.7 Å². The number of ether oxygens (including phenoxy) is 2. The van der Waals surface area contributed by atoms with E-state index in [0.717, 1.165) is 4.70 Å². The van der Waals surface area contributed by atoms with Crippen LogP contribution in [-0.4, -0.2) is 55.9 Å². The van der Waals surface area contributed by atoms with Gasteiger partial charge >= 0.3 is 0 Å². The topological polar surface area (TPSA) is 102 Å². The van der Waals surface area contributed by atoms with Gasteiger partial charge in [-0.2, -0.15) is 4.31 Å². The predicted octanol–water partition coefficient (Wildman–Crippen LogP) is 5.00. The predicted molar refractivity (Wildman–Crippen MR) is 151 cm³/mol. The number of aromatic nitrogens is 2. The van der Waals surface area contributed by atoms with Crippen molar-refractivity contribution in [3.8, 4) is 11.5 Å². The summed E-state index contributed by atoms with van der Waals surface area (Å²) in [6, 6.07) is 15.3. The first-order chi connectivity index (χ1) is 18.8. The molecule has 0 bridgehead atoms. The van der Waals surface area contributed by atoms with Gasteiger partial charge in [-0.25, -0.2) is 13.4 Å². The molecule has 0 saturated carbocycles. The lowest BCUT2D eigenvalue weighted by molar-refractivity contribution is -0.123. The number of hydrogen-bond acceptors (Lipinski definition) is 8. The minimum atomic E-state index is -3.68. The number of amides is 1. The van der Waals surface area contributed by atoms with Gasteiger partial charge in [-0.1, -0.05) is 29.0 Å². The lowest BCUT2D eigenvalue weighted by Gasteiger charge is -2.33. The number of fused-ring (bicyclic) bond motifs is 1. The van der Waals surface area contributed by atoms with E-state index in [0.29, 0.717) is 45.7 Å². The molecule has 0 atom stereocenters. The molecule has 1 fully saturated rings. The first kappa shape index (κ1) is 27.3. The van der Waals surface area contributed by atoms with Crippen molar-refractivity contribution in [1.82, 2.24) is 14.3 Å².